The van der Waals surface area contributed by atoms with Crippen LogP contribution in [0.25, 0.3) is 21.9 Å². The molecule has 2 aliphatic rings. The van der Waals surface area contributed by atoms with Gasteiger partial charge >= 0.3 is 0 Å². The third-order valence-corrected chi connectivity index (χ3v) is 5.23. The first-order valence-electron chi connectivity index (χ1n) is 8.90. The van der Waals surface area contributed by atoms with Crippen LogP contribution in [0.2, 0.25) is 0 Å². The van der Waals surface area contributed by atoms with Gasteiger partial charge in [0.05, 0.1) is 23.8 Å². The van der Waals surface area contributed by atoms with Crippen LogP contribution >= 0.6 is 0 Å². The van der Waals surface area contributed by atoms with E-state index in [1.54, 1.807) is 24.8 Å². The number of aromatic nitrogens is 2. The molecule has 2 aliphatic heterocycles. The van der Waals surface area contributed by atoms with Crippen LogP contribution in [-0.4, -0.2) is 9.97 Å². The highest BCUT2D eigenvalue weighted by molar-refractivity contribution is 6.12. The predicted molar refractivity (Wildman–Crippen MR) is 104 cm³/mol. The number of fused-ring (bicyclic) bond motifs is 8. The van der Waals surface area contributed by atoms with E-state index in [1.165, 1.54) is 0 Å². The number of ether oxygens (including phenoxy) is 2. The molecule has 28 heavy (non-hydrogen) atoms. The van der Waals surface area contributed by atoms with Crippen LogP contribution < -0.4 is 14.4 Å². The van der Waals surface area contributed by atoms with Crippen molar-refractivity contribution in [1.82, 2.24) is 9.97 Å². The summed E-state index contributed by atoms with van der Waals surface area (Å²) in [6.45, 7) is 0. The van der Waals surface area contributed by atoms with Gasteiger partial charge in [-0.2, -0.15) is 0 Å². The Kier molecular flexibility index (Phi) is 2.41. The van der Waals surface area contributed by atoms with Crippen molar-refractivity contribution in [2.75, 3.05) is 4.90 Å². The molecular weight excluding hydrogens is 354 g/mol. The van der Waals surface area contributed by atoms with Gasteiger partial charge in [0.25, 0.3) is 0 Å². The highest BCUT2D eigenvalue weighted by Gasteiger charge is 2.37. The molecule has 0 saturated carbocycles. The third-order valence-electron chi connectivity index (χ3n) is 5.23. The molecule has 0 radical (unpaired) electrons. The zero-order valence-electron chi connectivity index (χ0n) is 14.4. The maximum atomic E-state index is 6.29. The van der Waals surface area contributed by atoms with Crippen molar-refractivity contribution in [3.8, 4) is 23.0 Å². The number of rotatable bonds is 0. The average molecular weight is 365 g/mol. The van der Waals surface area contributed by atoms with E-state index in [-0.39, 0.29) is 0 Å². The summed E-state index contributed by atoms with van der Waals surface area (Å²) in [5.41, 5.74) is 4.12. The summed E-state index contributed by atoms with van der Waals surface area (Å²) in [6.07, 6.45) is 6.95. The van der Waals surface area contributed by atoms with Gasteiger partial charge in [-0.05, 0) is 24.3 Å². The number of benzene rings is 2. The first kappa shape index (κ1) is 14.1. The Balaban J connectivity index is 1.65. The fourth-order valence-electron chi connectivity index (χ4n) is 4.05. The fourth-order valence-corrected chi connectivity index (χ4v) is 4.05. The zero-order valence-corrected chi connectivity index (χ0v) is 14.4. The average Bonchev–Trinajstić information content (AvgIpc) is 3.12. The molecule has 2 aromatic carbocycles. The monoisotopic (exact) mass is 365 g/mol. The Labute approximate surface area is 158 Å². The molecule has 0 atom stereocenters. The minimum absolute atomic E-state index is 0.631. The van der Waals surface area contributed by atoms with Gasteiger partial charge in [0.2, 0.25) is 0 Å². The number of para-hydroxylation sites is 1. The molecular formula is C22H11N3O3. The summed E-state index contributed by atoms with van der Waals surface area (Å²) >= 11 is 0. The molecule has 0 fully saturated rings. The van der Waals surface area contributed by atoms with Gasteiger partial charge in [0.1, 0.15) is 11.3 Å². The van der Waals surface area contributed by atoms with Crippen LogP contribution in [0.1, 0.15) is 0 Å². The lowest BCUT2D eigenvalue weighted by Gasteiger charge is -2.37. The van der Waals surface area contributed by atoms with E-state index in [0.717, 1.165) is 33.4 Å². The SMILES string of the molecule is c1ccc2c(c1)oc1c3c4c(cc12)Oc1cnccc1N4c1ccncc1O3. The molecule has 5 heterocycles. The highest BCUT2D eigenvalue weighted by atomic mass is 16.5. The molecule has 132 valence electrons. The molecule has 0 aliphatic carbocycles. The van der Waals surface area contributed by atoms with E-state index in [1.807, 2.05) is 42.5 Å². The maximum absolute atomic E-state index is 6.29. The van der Waals surface area contributed by atoms with Gasteiger partial charge < -0.3 is 13.9 Å². The summed E-state index contributed by atoms with van der Waals surface area (Å²) in [5.74, 6) is 2.69. The van der Waals surface area contributed by atoms with Crippen molar-refractivity contribution in [3.63, 3.8) is 0 Å². The number of anilines is 3. The number of pyridine rings is 2. The molecule has 6 nitrogen and oxygen atoms in total. The molecule has 0 bridgehead atoms. The summed E-state index contributed by atoms with van der Waals surface area (Å²) in [5, 5.41) is 1.97. The minimum atomic E-state index is 0.631. The second-order valence-corrected chi connectivity index (χ2v) is 6.75. The van der Waals surface area contributed by atoms with Gasteiger partial charge in [-0.15, -0.1) is 0 Å². The Morgan fingerprint density at radius 1 is 0.750 bits per heavy atom. The quantitative estimate of drug-likeness (QED) is 0.326. The lowest BCUT2D eigenvalue weighted by atomic mass is 10.1. The minimum Gasteiger partial charge on any atom is -0.452 e. The summed E-state index contributed by atoms with van der Waals surface area (Å²) in [6, 6.07) is 13.8. The van der Waals surface area contributed by atoms with Crippen molar-refractivity contribution in [1.29, 1.82) is 0 Å². The van der Waals surface area contributed by atoms with Gasteiger partial charge in [-0.3, -0.25) is 14.9 Å². The van der Waals surface area contributed by atoms with Crippen LogP contribution in [0, 0.1) is 0 Å². The number of nitrogens with zero attached hydrogens (tertiary/aromatic N) is 3. The summed E-state index contributed by atoms with van der Waals surface area (Å²) in [4.78, 5) is 10.6. The van der Waals surface area contributed by atoms with Crippen LogP contribution in [0.3, 0.4) is 0 Å². The Morgan fingerprint density at radius 3 is 2.32 bits per heavy atom. The standard InChI is InChI=1S/C22H11N3O3/c1-2-4-16-12(3-1)13-9-17-20-22(21(13)27-16)28-19-11-24-8-6-15(19)25(20)14-5-7-23-10-18(14)26-17/h1-11H. The molecule has 0 N–H and O–H groups in total. The molecule has 3 aromatic heterocycles. The molecule has 6 heteroatoms. The first-order chi connectivity index (χ1) is 13.9. The van der Waals surface area contributed by atoms with Crippen molar-refractivity contribution in [2.45, 2.75) is 0 Å². The lowest BCUT2D eigenvalue weighted by Crippen LogP contribution is -2.20. The van der Waals surface area contributed by atoms with Crippen molar-refractivity contribution >= 4 is 39.0 Å². The van der Waals surface area contributed by atoms with Gasteiger partial charge in [-0.1, -0.05) is 18.2 Å². The topological polar surface area (TPSA) is 60.6 Å². The highest BCUT2D eigenvalue weighted by Crippen LogP contribution is 2.61. The van der Waals surface area contributed by atoms with E-state index in [9.17, 15) is 0 Å². The number of hydrogen-bond donors (Lipinski definition) is 0. The smallest absolute Gasteiger partial charge is 0.198 e. The fraction of sp³-hybridized carbons (Fsp3) is 0. The molecule has 0 amide bonds. The van der Waals surface area contributed by atoms with E-state index < -0.39 is 0 Å². The maximum Gasteiger partial charge on any atom is 0.198 e. The Morgan fingerprint density at radius 2 is 1.50 bits per heavy atom. The molecule has 5 aromatic rings. The Bertz CT molecular complexity index is 1430. The molecule has 7 rings (SSSR count). The second-order valence-electron chi connectivity index (χ2n) is 6.75. The summed E-state index contributed by atoms with van der Waals surface area (Å²) in [7, 11) is 0. The van der Waals surface area contributed by atoms with Gasteiger partial charge in [-0.25, -0.2) is 0 Å². The predicted octanol–water partition coefficient (Wildman–Crippen LogP) is 6.06. The molecule has 0 unspecified atom stereocenters. The van der Waals surface area contributed by atoms with Crippen LogP contribution in [-0.2, 0) is 0 Å². The molecule has 0 spiro atoms. The second kappa shape index (κ2) is 4.80. The van der Waals surface area contributed by atoms with E-state index in [2.05, 4.69) is 14.9 Å². The van der Waals surface area contributed by atoms with Crippen molar-refractivity contribution < 1.29 is 13.9 Å². The van der Waals surface area contributed by atoms with Crippen LogP contribution in [0.15, 0.2) is 71.7 Å². The van der Waals surface area contributed by atoms with Gasteiger partial charge in [0, 0.05) is 23.2 Å². The van der Waals surface area contributed by atoms with Crippen LogP contribution in [0.5, 0.6) is 23.0 Å². The van der Waals surface area contributed by atoms with E-state index in [4.69, 9.17) is 13.9 Å². The third kappa shape index (κ3) is 1.63. The van der Waals surface area contributed by atoms with E-state index >= 15 is 0 Å². The largest absolute Gasteiger partial charge is 0.452 e. The van der Waals surface area contributed by atoms with Crippen LogP contribution in [0.4, 0.5) is 17.1 Å². The number of furan rings is 1. The Hall–Kier alpha value is -4.06. The lowest BCUT2D eigenvalue weighted by molar-refractivity contribution is 0.441. The first-order valence-corrected chi connectivity index (χ1v) is 8.90. The van der Waals surface area contributed by atoms with Gasteiger partial charge in [0.15, 0.2) is 28.6 Å². The van der Waals surface area contributed by atoms with E-state index in [0.29, 0.717) is 28.6 Å². The zero-order chi connectivity index (χ0) is 18.2. The van der Waals surface area contributed by atoms with Crippen molar-refractivity contribution in [3.05, 3.63) is 67.3 Å². The number of hydrogen-bond acceptors (Lipinski definition) is 6. The molecule has 0 saturated heterocycles. The van der Waals surface area contributed by atoms with Crippen molar-refractivity contribution in [2.24, 2.45) is 0 Å². The normalized spacial score (nSPS) is 13.5. The summed E-state index contributed by atoms with van der Waals surface area (Å²) < 4.78 is 18.7.